The Morgan fingerprint density at radius 3 is 2.50 bits per heavy atom. The molecular formula is C20H19N5S. The number of benzene rings is 1. The molecule has 0 aliphatic carbocycles. The summed E-state index contributed by atoms with van der Waals surface area (Å²) in [5.41, 5.74) is 6.71. The van der Waals surface area contributed by atoms with Crippen molar-refractivity contribution in [3.8, 4) is 33.9 Å². The van der Waals surface area contributed by atoms with Gasteiger partial charge in [0.05, 0.1) is 35.0 Å². The number of H-pyrrole nitrogens is 1. The minimum Gasteiger partial charge on any atom is -0.340 e. The van der Waals surface area contributed by atoms with Crippen LogP contribution in [0.1, 0.15) is 31.3 Å². The highest BCUT2D eigenvalue weighted by Gasteiger charge is 2.17. The number of aromatic nitrogens is 5. The van der Waals surface area contributed by atoms with E-state index in [2.05, 4.69) is 44.7 Å². The minimum atomic E-state index is 0.304. The second-order valence-electron chi connectivity index (χ2n) is 6.54. The van der Waals surface area contributed by atoms with E-state index in [9.17, 15) is 0 Å². The zero-order chi connectivity index (χ0) is 18.1. The number of hydrogen-bond acceptors (Lipinski definition) is 5. The molecule has 0 radical (unpaired) electrons. The summed E-state index contributed by atoms with van der Waals surface area (Å²) in [5, 5.41) is 0. The molecule has 0 aliphatic rings. The van der Waals surface area contributed by atoms with Crippen LogP contribution in [0.15, 0.2) is 48.7 Å². The van der Waals surface area contributed by atoms with Crippen molar-refractivity contribution in [2.24, 2.45) is 0 Å². The van der Waals surface area contributed by atoms with Gasteiger partial charge in [-0.15, -0.1) is 0 Å². The van der Waals surface area contributed by atoms with Gasteiger partial charge in [0, 0.05) is 22.7 Å². The lowest BCUT2D eigenvalue weighted by atomic mass is 10.0. The average molecular weight is 361 g/mol. The maximum absolute atomic E-state index is 4.88. The van der Waals surface area contributed by atoms with Gasteiger partial charge >= 0.3 is 0 Å². The second kappa shape index (κ2) is 6.80. The van der Waals surface area contributed by atoms with Gasteiger partial charge < -0.3 is 4.98 Å². The zero-order valence-electron chi connectivity index (χ0n) is 14.9. The topological polar surface area (TPSA) is 67.3 Å². The monoisotopic (exact) mass is 361 g/mol. The Morgan fingerprint density at radius 2 is 1.77 bits per heavy atom. The molecule has 0 fully saturated rings. The Labute approximate surface area is 156 Å². The first-order chi connectivity index (χ1) is 12.6. The summed E-state index contributed by atoms with van der Waals surface area (Å²) in [5.74, 6) is 1.26. The average Bonchev–Trinajstić information content (AvgIpc) is 3.32. The van der Waals surface area contributed by atoms with Crippen LogP contribution in [0.25, 0.3) is 33.9 Å². The fraction of sp³-hybridized carbons (Fsp3) is 0.200. The largest absolute Gasteiger partial charge is 0.340 e. The van der Waals surface area contributed by atoms with Crippen molar-refractivity contribution in [2.45, 2.75) is 26.7 Å². The number of aromatic amines is 1. The van der Waals surface area contributed by atoms with Gasteiger partial charge in [-0.1, -0.05) is 38.1 Å². The van der Waals surface area contributed by atoms with Gasteiger partial charge in [-0.2, -0.15) is 8.75 Å². The van der Waals surface area contributed by atoms with Crippen LogP contribution in [0.5, 0.6) is 0 Å². The molecule has 0 bridgehead atoms. The van der Waals surface area contributed by atoms with Crippen molar-refractivity contribution < 1.29 is 0 Å². The molecule has 4 rings (SSSR count). The Bertz CT molecular complexity index is 1030. The number of pyridine rings is 1. The van der Waals surface area contributed by atoms with Crippen molar-refractivity contribution in [3.05, 3.63) is 60.2 Å². The highest BCUT2D eigenvalue weighted by molar-refractivity contribution is 6.99. The molecule has 1 aromatic carbocycles. The van der Waals surface area contributed by atoms with Gasteiger partial charge in [0.2, 0.25) is 0 Å². The van der Waals surface area contributed by atoms with Crippen LogP contribution in [0.4, 0.5) is 0 Å². The van der Waals surface area contributed by atoms with E-state index in [1.807, 2.05) is 37.3 Å². The summed E-state index contributed by atoms with van der Waals surface area (Å²) in [4.78, 5) is 13.0. The van der Waals surface area contributed by atoms with Gasteiger partial charge in [0.15, 0.2) is 0 Å². The smallest absolute Gasteiger partial charge is 0.109 e. The molecule has 26 heavy (non-hydrogen) atoms. The highest BCUT2D eigenvalue weighted by Crippen LogP contribution is 2.33. The van der Waals surface area contributed by atoms with Crippen LogP contribution in [0.3, 0.4) is 0 Å². The van der Waals surface area contributed by atoms with Crippen LogP contribution in [-0.4, -0.2) is 23.7 Å². The van der Waals surface area contributed by atoms with E-state index in [-0.39, 0.29) is 0 Å². The van der Waals surface area contributed by atoms with E-state index < -0.39 is 0 Å². The SMILES string of the molecule is Cc1cccc(-c2[nH]c(C(C)C)nc2-c2cccc(-c3cnsn3)c2)n1. The van der Waals surface area contributed by atoms with Crippen LogP contribution in [-0.2, 0) is 0 Å². The maximum atomic E-state index is 4.88. The number of imidazole rings is 1. The van der Waals surface area contributed by atoms with Crippen LogP contribution in [0.2, 0.25) is 0 Å². The van der Waals surface area contributed by atoms with Crippen LogP contribution in [0, 0.1) is 6.92 Å². The number of rotatable bonds is 4. The summed E-state index contributed by atoms with van der Waals surface area (Å²) in [6.07, 6.45) is 1.79. The minimum absolute atomic E-state index is 0.304. The summed E-state index contributed by atoms with van der Waals surface area (Å²) < 4.78 is 8.44. The number of hydrogen-bond donors (Lipinski definition) is 1. The predicted molar refractivity (Wildman–Crippen MR) is 105 cm³/mol. The van der Waals surface area contributed by atoms with Gasteiger partial charge in [-0.3, -0.25) is 4.98 Å². The van der Waals surface area contributed by atoms with Gasteiger partial charge in [0.25, 0.3) is 0 Å². The molecule has 130 valence electrons. The third-order valence-corrected chi connectivity index (χ3v) is 4.68. The van der Waals surface area contributed by atoms with E-state index in [1.54, 1.807) is 6.20 Å². The lowest BCUT2D eigenvalue weighted by molar-refractivity contribution is 0.795. The summed E-state index contributed by atoms with van der Waals surface area (Å²) in [6.45, 7) is 6.26. The number of nitrogens with one attached hydrogen (secondary N) is 1. The second-order valence-corrected chi connectivity index (χ2v) is 7.09. The molecule has 0 amide bonds. The van der Waals surface area contributed by atoms with Crippen molar-refractivity contribution in [3.63, 3.8) is 0 Å². The third kappa shape index (κ3) is 3.15. The molecule has 0 aliphatic heterocycles. The van der Waals surface area contributed by atoms with E-state index in [4.69, 9.17) is 4.98 Å². The van der Waals surface area contributed by atoms with E-state index in [1.165, 1.54) is 11.7 Å². The lowest BCUT2D eigenvalue weighted by Gasteiger charge is -2.05. The van der Waals surface area contributed by atoms with E-state index >= 15 is 0 Å². The third-order valence-electron chi connectivity index (χ3n) is 4.21. The first-order valence-electron chi connectivity index (χ1n) is 8.54. The molecule has 0 atom stereocenters. The molecule has 3 heterocycles. The van der Waals surface area contributed by atoms with Gasteiger partial charge in [0.1, 0.15) is 11.5 Å². The number of nitrogens with zero attached hydrogens (tertiary/aromatic N) is 4. The Morgan fingerprint density at radius 1 is 0.962 bits per heavy atom. The normalized spacial score (nSPS) is 11.2. The van der Waals surface area contributed by atoms with Crippen molar-refractivity contribution in [2.75, 3.05) is 0 Å². The van der Waals surface area contributed by atoms with Crippen molar-refractivity contribution >= 4 is 11.7 Å². The molecule has 3 aromatic heterocycles. The maximum Gasteiger partial charge on any atom is 0.109 e. The summed E-state index contributed by atoms with van der Waals surface area (Å²) >= 11 is 1.21. The first kappa shape index (κ1) is 16.6. The molecular weight excluding hydrogens is 342 g/mol. The highest BCUT2D eigenvalue weighted by atomic mass is 32.1. The Hall–Kier alpha value is -2.86. The molecule has 0 spiro atoms. The summed E-state index contributed by atoms with van der Waals surface area (Å²) in [6, 6.07) is 14.3. The number of aryl methyl sites for hydroxylation is 1. The Kier molecular flexibility index (Phi) is 4.34. The van der Waals surface area contributed by atoms with Crippen molar-refractivity contribution in [1.29, 1.82) is 0 Å². The molecule has 1 N–H and O–H groups in total. The molecule has 0 saturated heterocycles. The molecule has 5 nitrogen and oxygen atoms in total. The summed E-state index contributed by atoms with van der Waals surface area (Å²) in [7, 11) is 0. The molecule has 4 aromatic rings. The molecule has 0 saturated carbocycles. The van der Waals surface area contributed by atoms with Crippen LogP contribution >= 0.6 is 11.7 Å². The first-order valence-corrected chi connectivity index (χ1v) is 9.27. The zero-order valence-corrected chi connectivity index (χ0v) is 15.7. The van der Waals surface area contributed by atoms with Gasteiger partial charge in [-0.25, -0.2) is 4.98 Å². The fourth-order valence-electron chi connectivity index (χ4n) is 2.86. The van der Waals surface area contributed by atoms with E-state index in [0.29, 0.717) is 5.92 Å². The quantitative estimate of drug-likeness (QED) is 0.550. The fourth-order valence-corrected chi connectivity index (χ4v) is 3.29. The molecule has 6 heteroatoms. The van der Waals surface area contributed by atoms with Crippen molar-refractivity contribution in [1.82, 2.24) is 23.7 Å². The predicted octanol–water partition coefficient (Wildman–Crippen LogP) is 5.09. The van der Waals surface area contributed by atoms with Crippen LogP contribution < -0.4 is 0 Å². The van der Waals surface area contributed by atoms with E-state index in [0.717, 1.165) is 45.4 Å². The van der Waals surface area contributed by atoms with Gasteiger partial charge in [-0.05, 0) is 25.1 Å². The molecule has 0 unspecified atom stereocenters. The standard InChI is InChI=1S/C20H19N5S/c1-12(2)20-23-18(19(24-20)16-9-4-6-13(3)22-16)15-8-5-7-14(10-15)17-11-21-26-25-17/h4-12H,1-3H3,(H,23,24). The Balaban J connectivity index is 1.87. The lowest BCUT2D eigenvalue weighted by Crippen LogP contribution is -1.90.